The van der Waals surface area contributed by atoms with E-state index < -0.39 is 0 Å². The zero-order chi connectivity index (χ0) is 17.0. The van der Waals surface area contributed by atoms with Crippen molar-refractivity contribution in [2.24, 2.45) is 16.7 Å². The fourth-order valence-electron chi connectivity index (χ4n) is 6.74. The second-order valence-electron chi connectivity index (χ2n) is 9.78. The van der Waals surface area contributed by atoms with Crippen LogP contribution in [0.2, 0.25) is 0 Å². The molecule has 1 aromatic rings. The highest BCUT2D eigenvalue weighted by molar-refractivity contribution is 5.45. The van der Waals surface area contributed by atoms with E-state index >= 15 is 0 Å². The third-order valence-corrected chi connectivity index (χ3v) is 7.25. The molecule has 2 fully saturated rings. The van der Waals surface area contributed by atoms with Crippen LogP contribution >= 0.6 is 0 Å². The van der Waals surface area contributed by atoms with Crippen molar-refractivity contribution >= 4 is 0 Å². The maximum Gasteiger partial charge on any atom is 0.116 e. The number of phenols is 1. The third-order valence-electron chi connectivity index (χ3n) is 7.25. The summed E-state index contributed by atoms with van der Waals surface area (Å²) in [7, 11) is 0. The second-order valence-corrected chi connectivity index (χ2v) is 9.78. The van der Waals surface area contributed by atoms with Gasteiger partial charge >= 0.3 is 0 Å². The van der Waals surface area contributed by atoms with Crippen LogP contribution in [0, 0.1) is 30.6 Å². The van der Waals surface area contributed by atoms with Crippen molar-refractivity contribution in [3.8, 4) is 5.75 Å². The van der Waals surface area contributed by atoms with Crippen LogP contribution in [0.4, 0.5) is 0 Å². The van der Waals surface area contributed by atoms with E-state index in [1.54, 1.807) is 0 Å². The summed E-state index contributed by atoms with van der Waals surface area (Å²) in [5.74, 6) is 1.26. The Kier molecular flexibility index (Phi) is 3.86. The summed E-state index contributed by atoms with van der Waals surface area (Å²) in [4.78, 5) is 0. The predicted molar refractivity (Wildman–Crippen MR) is 98.0 cm³/mol. The number of benzene rings is 1. The molecular formula is C22H34O. The highest BCUT2D eigenvalue weighted by Crippen LogP contribution is 2.62. The Balaban J connectivity index is 2.00. The summed E-state index contributed by atoms with van der Waals surface area (Å²) in [5.41, 5.74) is 5.24. The first kappa shape index (κ1) is 16.9. The van der Waals surface area contributed by atoms with E-state index in [9.17, 15) is 5.11 Å². The standard InChI is InChI=1S/C22H34O/c1-15-12-17(23)13-16(2)19(15)22(6)11-8-18-20(3,4)9-7-10-21(18,5)14-22/h12-13,18,23H,7-11,14H2,1-6H3. The molecule has 0 spiro atoms. The number of fused-ring (bicyclic) bond motifs is 1. The zero-order valence-electron chi connectivity index (χ0n) is 15.9. The van der Waals surface area contributed by atoms with Crippen molar-refractivity contribution in [2.75, 3.05) is 0 Å². The Labute approximate surface area is 142 Å². The first-order chi connectivity index (χ1) is 10.6. The Hall–Kier alpha value is -0.980. The van der Waals surface area contributed by atoms with E-state index in [1.165, 1.54) is 55.2 Å². The van der Waals surface area contributed by atoms with Crippen LogP contribution < -0.4 is 0 Å². The van der Waals surface area contributed by atoms with Gasteiger partial charge in [0.25, 0.3) is 0 Å². The Morgan fingerprint density at radius 2 is 1.57 bits per heavy atom. The monoisotopic (exact) mass is 314 g/mol. The first-order valence-corrected chi connectivity index (χ1v) is 9.38. The van der Waals surface area contributed by atoms with Gasteiger partial charge in [0.1, 0.15) is 5.75 Å². The van der Waals surface area contributed by atoms with Crippen LogP contribution in [-0.4, -0.2) is 5.11 Å². The number of phenolic OH excluding ortho intramolecular Hbond substituents is 1. The maximum absolute atomic E-state index is 9.91. The lowest BCUT2D eigenvalue weighted by Crippen LogP contribution is -2.50. The van der Waals surface area contributed by atoms with Crippen LogP contribution in [0.1, 0.15) is 82.9 Å². The molecule has 1 nitrogen and oxygen atoms in total. The smallest absolute Gasteiger partial charge is 0.116 e. The molecule has 3 atom stereocenters. The van der Waals surface area contributed by atoms with Crippen molar-refractivity contribution in [1.82, 2.24) is 0 Å². The molecule has 2 saturated carbocycles. The molecule has 3 rings (SSSR count). The molecule has 128 valence electrons. The highest BCUT2D eigenvalue weighted by Gasteiger charge is 2.53. The normalized spacial score (nSPS) is 36.5. The van der Waals surface area contributed by atoms with Gasteiger partial charge in [-0.2, -0.15) is 0 Å². The Morgan fingerprint density at radius 3 is 2.17 bits per heavy atom. The third kappa shape index (κ3) is 2.71. The molecule has 2 aliphatic carbocycles. The molecule has 0 aromatic heterocycles. The highest BCUT2D eigenvalue weighted by atomic mass is 16.3. The van der Waals surface area contributed by atoms with Gasteiger partial charge in [-0.1, -0.05) is 34.1 Å². The van der Waals surface area contributed by atoms with Gasteiger partial charge < -0.3 is 5.11 Å². The first-order valence-electron chi connectivity index (χ1n) is 9.38. The van der Waals surface area contributed by atoms with Crippen LogP contribution in [-0.2, 0) is 5.41 Å². The lowest BCUT2D eigenvalue weighted by Gasteiger charge is -2.58. The number of hydrogen-bond donors (Lipinski definition) is 1. The molecule has 23 heavy (non-hydrogen) atoms. The second kappa shape index (κ2) is 5.26. The molecule has 0 aliphatic heterocycles. The average molecular weight is 315 g/mol. The van der Waals surface area contributed by atoms with E-state index in [-0.39, 0.29) is 5.41 Å². The molecule has 0 amide bonds. The summed E-state index contributed by atoms with van der Waals surface area (Å²) >= 11 is 0. The minimum atomic E-state index is 0.251. The van der Waals surface area contributed by atoms with Gasteiger partial charge in [0, 0.05) is 0 Å². The topological polar surface area (TPSA) is 20.2 Å². The number of aromatic hydroxyl groups is 1. The Bertz CT molecular complexity index is 591. The lowest BCUT2D eigenvalue weighted by molar-refractivity contribution is -0.0556. The molecule has 1 N–H and O–H groups in total. The van der Waals surface area contributed by atoms with Crippen molar-refractivity contribution in [3.05, 3.63) is 28.8 Å². The number of rotatable bonds is 1. The predicted octanol–water partition coefficient (Wildman–Crippen LogP) is 6.28. The van der Waals surface area contributed by atoms with Crippen molar-refractivity contribution in [3.63, 3.8) is 0 Å². The maximum atomic E-state index is 9.91. The fourth-order valence-corrected chi connectivity index (χ4v) is 6.74. The summed E-state index contributed by atoms with van der Waals surface area (Å²) in [6.45, 7) is 14.4. The summed E-state index contributed by atoms with van der Waals surface area (Å²) in [6, 6.07) is 3.90. The van der Waals surface area contributed by atoms with Crippen molar-refractivity contribution in [2.45, 2.75) is 85.5 Å². The van der Waals surface area contributed by atoms with Crippen LogP contribution in [0.15, 0.2) is 12.1 Å². The molecular weight excluding hydrogens is 280 g/mol. The molecule has 0 bridgehead atoms. The van der Waals surface area contributed by atoms with E-state index in [0.717, 1.165) is 5.92 Å². The van der Waals surface area contributed by atoms with Gasteiger partial charge in [0.05, 0.1) is 0 Å². The van der Waals surface area contributed by atoms with Crippen LogP contribution in [0.3, 0.4) is 0 Å². The van der Waals surface area contributed by atoms with Gasteiger partial charge in [-0.15, -0.1) is 0 Å². The number of aryl methyl sites for hydroxylation is 2. The summed E-state index contributed by atoms with van der Waals surface area (Å²) in [5, 5.41) is 9.91. The van der Waals surface area contributed by atoms with Gasteiger partial charge in [0.15, 0.2) is 0 Å². The van der Waals surface area contributed by atoms with Crippen molar-refractivity contribution < 1.29 is 5.11 Å². The van der Waals surface area contributed by atoms with Gasteiger partial charge in [-0.25, -0.2) is 0 Å². The molecule has 1 aromatic carbocycles. The zero-order valence-corrected chi connectivity index (χ0v) is 15.9. The largest absolute Gasteiger partial charge is 0.508 e. The minimum Gasteiger partial charge on any atom is -0.508 e. The molecule has 3 unspecified atom stereocenters. The van der Waals surface area contributed by atoms with Gasteiger partial charge in [-0.3, -0.25) is 0 Å². The van der Waals surface area contributed by atoms with E-state index in [1.807, 2.05) is 12.1 Å². The summed E-state index contributed by atoms with van der Waals surface area (Å²) < 4.78 is 0. The summed E-state index contributed by atoms with van der Waals surface area (Å²) in [6.07, 6.45) is 8.07. The molecule has 0 heterocycles. The average Bonchev–Trinajstić information content (AvgIpc) is 2.34. The van der Waals surface area contributed by atoms with E-state index in [0.29, 0.717) is 16.6 Å². The SMILES string of the molecule is Cc1cc(O)cc(C)c1C1(C)CCC2C(C)(C)CCCC2(C)C1. The lowest BCUT2D eigenvalue weighted by atomic mass is 9.46. The van der Waals surface area contributed by atoms with Gasteiger partial charge in [0.2, 0.25) is 0 Å². The molecule has 0 saturated heterocycles. The van der Waals surface area contributed by atoms with Gasteiger partial charge in [-0.05, 0) is 96.9 Å². The molecule has 2 aliphatic rings. The van der Waals surface area contributed by atoms with E-state index in [2.05, 4.69) is 41.5 Å². The molecule has 1 heteroatoms. The quantitative estimate of drug-likeness (QED) is 0.646. The molecule has 0 radical (unpaired) electrons. The van der Waals surface area contributed by atoms with Crippen LogP contribution in [0.5, 0.6) is 5.75 Å². The van der Waals surface area contributed by atoms with E-state index in [4.69, 9.17) is 0 Å². The van der Waals surface area contributed by atoms with Crippen molar-refractivity contribution in [1.29, 1.82) is 0 Å². The number of hydrogen-bond acceptors (Lipinski definition) is 1. The van der Waals surface area contributed by atoms with Crippen LogP contribution in [0.25, 0.3) is 0 Å². The Morgan fingerprint density at radius 1 is 0.957 bits per heavy atom. The fraction of sp³-hybridized carbons (Fsp3) is 0.727. The minimum absolute atomic E-state index is 0.251.